The summed E-state index contributed by atoms with van der Waals surface area (Å²) in [5.41, 5.74) is 5.27. The molecule has 2 heteroatoms. The predicted octanol–water partition coefficient (Wildman–Crippen LogP) is 0.991. The number of fused-ring (bicyclic) bond motifs is 1. The third-order valence-corrected chi connectivity index (χ3v) is 2.52. The van der Waals surface area contributed by atoms with E-state index >= 15 is 0 Å². The van der Waals surface area contributed by atoms with Crippen LogP contribution in [-0.2, 0) is 0 Å². The predicted molar refractivity (Wildman–Crippen MR) is 34.4 cm³/mol. The summed E-state index contributed by atoms with van der Waals surface area (Å²) >= 11 is 0. The summed E-state index contributed by atoms with van der Waals surface area (Å²) in [7, 11) is 0. The highest BCUT2D eigenvalue weighted by molar-refractivity contribution is 5.10. The van der Waals surface area contributed by atoms with Crippen LogP contribution in [0.3, 0.4) is 0 Å². The Kier molecular flexibility index (Phi) is 0.758. The Hall–Kier alpha value is -0.550. The maximum absolute atomic E-state index is 6.81. The van der Waals surface area contributed by atoms with E-state index in [-0.39, 0.29) is 0 Å². The van der Waals surface area contributed by atoms with Gasteiger partial charge in [0.25, 0.3) is 5.66 Å². The topological polar surface area (TPSA) is 30.4 Å². The van der Waals surface area contributed by atoms with Crippen molar-refractivity contribution in [2.75, 3.05) is 0 Å². The molecule has 0 aromatic carbocycles. The van der Waals surface area contributed by atoms with E-state index in [1.165, 1.54) is 6.42 Å². The second-order valence-corrected chi connectivity index (χ2v) is 3.38. The maximum atomic E-state index is 6.81. The highest BCUT2D eigenvalue weighted by Gasteiger charge is 2.56. The van der Waals surface area contributed by atoms with E-state index in [9.17, 15) is 0 Å². The van der Waals surface area contributed by atoms with Gasteiger partial charge in [-0.2, -0.15) is 0 Å². The van der Waals surface area contributed by atoms with Crippen molar-refractivity contribution in [3.63, 3.8) is 0 Å². The fourth-order valence-corrected chi connectivity index (χ4v) is 1.89. The zero-order chi connectivity index (χ0) is 6.48. The minimum atomic E-state index is -0.451. The summed E-state index contributed by atoms with van der Waals surface area (Å²) in [6.07, 6.45) is 3.26. The second-order valence-electron chi connectivity index (χ2n) is 3.38. The van der Waals surface area contributed by atoms with Gasteiger partial charge in [-0.1, -0.05) is 0 Å². The molecule has 0 bridgehead atoms. The van der Waals surface area contributed by atoms with E-state index in [0.29, 0.717) is 0 Å². The molecule has 2 rings (SSSR count). The quantitative estimate of drug-likeness (QED) is 0.477. The number of nitrogens with two attached hydrogens (primary N) is 1. The largest absolute Gasteiger partial charge is 0.293 e. The van der Waals surface area contributed by atoms with Gasteiger partial charge >= 0.3 is 0 Å². The molecular weight excluding hydrogens is 112 g/mol. The fraction of sp³-hybridized carbons (Fsp3) is 0.857. The monoisotopic (exact) mass is 122 g/mol. The van der Waals surface area contributed by atoms with Crippen molar-refractivity contribution < 1.29 is 0 Å². The van der Waals surface area contributed by atoms with Gasteiger partial charge in [-0.25, -0.2) is 6.57 Å². The lowest BCUT2D eigenvalue weighted by Crippen LogP contribution is -2.33. The lowest BCUT2D eigenvalue weighted by Gasteiger charge is -2.09. The first-order chi connectivity index (χ1) is 4.23. The Balaban J connectivity index is 2.12. The normalized spacial score (nSPS) is 54.2. The van der Waals surface area contributed by atoms with Gasteiger partial charge in [0.2, 0.25) is 0 Å². The minimum Gasteiger partial charge on any atom is -0.293 e. The van der Waals surface area contributed by atoms with Crippen molar-refractivity contribution in [1.82, 2.24) is 0 Å². The SMILES string of the molecule is [C-]#[N+]C1(N)CC2CC2C1. The van der Waals surface area contributed by atoms with Crippen LogP contribution in [0.2, 0.25) is 0 Å². The first-order valence-electron chi connectivity index (χ1n) is 3.41. The molecule has 2 aliphatic carbocycles. The lowest BCUT2D eigenvalue weighted by atomic mass is 10.1. The van der Waals surface area contributed by atoms with Crippen molar-refractivity contribution in [3.05, 3.63) is 11.4 Å². The molecule has 0 aliphatic heterocycles. The summed E-state index contributed by atoms with van der Waals surface area (Å²) in [4.78, 5) is 3.43. The van der Waals surface area contributed by atoms with Crippen molar-refractivity contribution >= 4 is 0 Å². The van der Waals surface area contributed by atoms with E-state index in [0.717, 1.165) is 24.7 Å². The van der Waals surface area contributed by atoms with Crippen LogP contribution >= 0.6 is 0 Å². The van der Waals surface area contributed by atoms with Crippen molar-refractivity contribution in [3.8, 4) is 0 Å². The van der Waals surface area contributed by atoms with Crippen LogP contribution in [0.5, 0.6) is 0 Å². The Morgan fingerprint density at radius 1 is 1.44 bits per heavy atom. The molecule has 2 fully saturated rings. The molecule has 2 nitrogen and oxygen atoms in total. The van der Waals surface area contributed by atoms with Crippen molar-refractivity contribution in [2.24, 2.45) is 17.6 Å². The molecule has 48 valence electrons. The molecule has 2 saturated carbocycles. The molecule has 2 unspecified atom stereocenters. The zero-order valence-electron chi connectivity index (χ0n) is 5.30. The van der Waals surface area contributed by atoms with Gasteiger partial charge in [0.15, 0.2) is 0 Å². The average molecular weight is 122 g/mol. The van der Waals surface area contributed by atoms with Crippen LogP contribution in [0.25, 0.3) is 4.85 Å². The van der Waals surface area contributed by atoms with Crippen LogP contribution in [0.15, 0.2) is 0 Å². The molecule has 9 heavy (non-hydrogen) atoms. The van der Waals surface area contributed by atoms with Crippen LogP contribution in [0.4, 0.5) is 0 Å². The van der Waals surface area contributed by atoms with Gasteiger partial charge < -0.3 is 0 Å². The average Bonchev–Trinajstić information content (AvgIpc) is 2.42. The Morgan fingerprint density at radius 2 is 2.00 bits per heavy atom. The molecule has 0 spiro atoms. The molecule has 2 aliphatic rings. The van der Waals surface area contributed by atoms with E-state index in [1.54, 1.807) is 0 Å². The number of hydrogen-bond acceptors (Lipinski definition) is 1. The molecule has 0 aromatic heterocycles. The maximum Gasteiger partial charge on any atom is 0.284 e. The molecule has 2 atom stereocenters. The van der Waals surface area contributed by atoms with Gasteiger partial charge in [0, 0.05) is 12.8 Å². The van der Waals surface area contributed by atoms with E-state index in [4.69, 9.17) is 12.3 Å². The highest BCUT2D eigenvalue weighted by Crippen LogP contribution is 2.55. The third-order valence-electron chi connectivity index (χ3n) is 2.52. The zero-order valence-corrected chi connectivity index (χ0v) is 5.30. The van der Waals surface area contributed by atoms with Gasteiger partial charge in [0.1, 0.15) is 0 Å². The first-order valence-corrected chi connectivity index (χ1v) is 3.41. The molecule has 2 N–H and O–H groups in total. The second kappa shape index (κ2) is 1.30. The molecule has 0 amide bonds. The van der Waals surface area contributed by atoms with Crippen molar-refractivity contribution in [1.29, 1.82) is 0 Å². The van der Waals surface area contributed by atoms with Crippen LogP contribution in [0.1, 0.15) is 19.3 Å². The van der Waals surface area contributed by atoms with Gasteiger partial charge in [0.05, 0.1) is 0 Å². The van der Waals surface area contributed by atoms with Crippen LogP contribution in [-0.4, -0.2) is 5.66 Å². The van der Waals surface area contributed by atoms with Crippen LogP contribution < -0.4 is 5.73 Å². The summed E-state index contributed by atoms with van der Waals surface area (Å²) in [5, 5.41) is 0. The highest BCUT2D eigenvalue weighted by atomic mass is 15.0. The molecule has 0 aromatic rings. The lowest BCUT2D eigenvalue weighted by molar-refractivity contribution is 0.484. The van der Waals surface area contributed by atoms with E-state index in [1.807, 2.05) is 0 Å². The number of rotatable bonds is 0. The Bertz CT molecular complexity index is 170. The summed E-state index contributed by atoms with van der Waals surface area (Å²) in [5.74, 6) is 1.65. The molecule has 0 heterocycles. The fourth-order valence-electron chi connectivity index (χ4n) is 1.89. The standard InChI is InChI=1S/C7H10N2/c1-9-7(8)3-5-2-6(5)4-7/h5-6H,2-4,8H2. The smallest absolute Gasteiger partial charge is 0.284 e. The number of hydrogen-bond donors (Lipinski definition) is 1. The van der Waals surface area contributed by atoms with Gasteiger partial charge in [-0.15, -0.1) is 0 Å². The molecular formula is C7H10N2. The van der Waals surface area contributed by atoms with Crippen LogP contribution in [0, 0.1) is 18.4 Å². The van der Waals surface area contributed by atoms with E-state index in [2.05, 4.69) is 4.85 Å². The molecule has 0 radical (unpaired) electrons. The van der Waals surface area contributed by atoms with E-state index < -0.39 is 5.66 Å². The molecule has 0 saturated heterocycles. The van der Waals surface area contributed by atoms with Gasteiger partial charge in [-0.3, -0.25) is 10.6 Å². The number of nitrogens with zero attached hydrogens (tertiary/aromatic N) is 1. The Morgan fingerprint density at radius 3 is 2.33 bits per heavy atom. The summed E-state index contributed by atoms with van der Waals surface area (Å²) in [6.45, 7) is 6.81. The van der Waals surface area contributed by atoms with Crippen molar-refractivity contribution in [2.45, 2.75) is 24.9 Å². The minimum absolute atomic E-state index is 0.451. The third kappa shape index (κ3) is 0.650. The summed E-state index contributed by atoms with van der Waals surface area (Å²) in [6, 6.07) is 0. The Labute approximate surface area is 54.9 Å². The summed E-state index contributed by atoms with van der Waals surface area (Å²) < 4.78 is 0. The van der Waals surface area contributed by atoms with Gasteiger partial charge in [-0.05, 0) is 18.3 Å². The first kappa shape index (κ1) is 5.25.